The van der Waals surface area contributed by atoms with Gasteiger partial charge in [0.1, 0.15) is 0 Å². The number of amides is 2. The number of carbonyl (C=O) groups excluding carboxylic acids is 2. The first-order valence-electron chi connectivity index (χ1n) is 8.72. The summed E-state index contributed by atoms with van der Waals surface area (Å²) >= 11 is 0. The Bertz CT molecular complexity index is 615. The number of nitrogens with one attached hydrogen (secondary N) is 2. The van der Waals surface area contributed by atoms with Crippen LogP contribution in [0.15, 0.2) is 18.2 Å². The molecule has 2 amide bonds. The van der Waals surface area contributed by atoms with Crippen molar-refractivity contribution in [3.8, 4) is 11.5 Å². The first-order chi connectivity index (χ1) is 12.0. The third-order valence-electron chi connectivity index (χ3n) is 4.31. The molecule has 6 nitrogen and oxygen atoms in total. The highest BCUT2D eigenvalue weighted by Gasteiger charge is 2.47. The molecule has 6 heteroatoms. The molecule has 25 heavy (non-hydrogen) atoms. The number of hydrogen-bond donors (Lipinski definition) is 2. The first kappa shape index (κ1) is 19.1. The Morgan fingerprint density at radius 1 is 1.08 bits per heavy atom. The second kappa shape index (κ2) is 8.74. The number of benzene rings is 1. The summed E-state index contributed by atoms with van der Waals surface area (Å²) in [6, 6.07) is 5.71. The van der Waals surface area contributed by atoms with Crippen molar-refractivity contribution < 1.29 is 19.1 Å². The summed E-state index contributed by atoms with van der Waals surface area (Å²) in [5, 5.41) is 5.81. The zero-order valence-corrected chi connectivity index (χ0v) is 15.4. The van der Waals surface area contributed by atoms with Gasteiger partial charge in [-0.05, 0) is 36.5 Å². The lowest BCUT2D eigenvalue weighted by Crippen LogP contribution is -2.32. The predicted molar refractivity (Wildman–Crippen MR) is 95.7 cm³/mol. The highest BCUT2D eigenvalue weighted by molar-refractivity contribution is 5.92. The van der Waals surface area contributed by atoms with Crippen LogP contribution in [-0.4, -0.2) is 39.1 Å². The van der Waals surface area contributed by atoms with E-state index in [1.807, 2.05) is 32.0 Å². The molecule has 0 bridgehead atoms. The van der Waals surface area contributed by atoms with E-state index in [0.29, 0.717) is 43.3 Å². The summed E-state index contributed by atoms with van der Waals surface area (Å²) in [5.74, 6) is 1.38. The molecule has 138 valence electrons. The van der Waals surface area contributed by atoms with Crippen molar-refractivity contribution in [1.29, 1.82) is 0 Å². The molecule has 0 aromatic heterocycles. The minimum Gasteiger partial charge on any atom is -0.493 e. The zero-order chi connectivity index (χ0) is 18.4. The average Bonchev–Trinajstić information content (AvgIpc) is 3.40. The van der Waals surface area contributed by atoms with Gasteiger partial charge in [-0.15, -0.1) is 0 Å². The van der Waals surface area contributed by atoms with E-state index in [4.69, 9.17) is 9.47 Å². The summed E-state index contributed by atoms with van der Waals surface area (Å²) in [6.45, 7) is 5.28. The van der Waals surface area contributed by atoms with E-state index in [9.17, 15) is 9.59 Å². The molecule has 0 spiro atoms. The van der Waals surface area contributed by atoms with Crippen LogP contribution < -0.4 is 20.1 Å². The van der Waals surface area contributed by atoms with Crippen molar-refractivity contribution in [3.63, 3.8) is 0 Å². The highest BCUT2D eigenvalue weighted by Crippen LogP contribution is 2.38. The maximum absolute atomic E-state index is 12.1. The molecular formula is C19H28N2O4. The van der Waals surface area contributed by atoms with Gasteiger partial charge in [-0.2, -0.15) is 0 Å². The Morgan fingerprint density at radius 2 is 1.72 bits per heavy atom. The molecule has 2 unspecified atom stereocenters. The van der Waals surface area contributed by atoms with Crippen molar-refractivity contribution in [3.05, 3.63) is 23.8 Å². The lowest BCUT2D eigenvalue weighted by molar-refractivity contribution is -0.127. The van der Waals surface area contributed by atoms with E-state index < -0.39 is 0 Å². The van der Waals surface area contributed by atoms with Crippen molar-refractivity contribution in [2.75, 3.05) is 27.3 Å². The smallest absolute Gasteiger partial charge is 0.223 e. The molecule has 0 saturated heterocycles. The lowest BCUT2D eigenvalue weighted by Gasteiger charge is -2.10. The van der Waals surface area contributed by atoms with Crippen molar-refractivity contribution in [2.45, 2.75) is 26.7 Å². The van der Waals surface area contributed by atoms with Crippen LogP contribution in [0.5, 0.6) is 11.5 Å². The second-order valence-corrected chi connectivity index (χ2v) is 6.82. The molecule has 2 rings (SSSR count). The third kappa shape index (κ3) is 5.37. The third-order valence-corrected chi connectivity index (χ3v) is 4.31. The highest BCUT2D eigenvalue weighted by atomic mass is 16.5. The summed E-state index contributed by atoms with van der Waals surface area (Å²) in [6.07, 6.45) is 1.34. The Labute approximate surface area is 149 Å². The van der Waals surface area contributed by atoms with Gasteiger partial charge in [0.05, 0.1) is 26.1 Å². The van der Waals surface area contributed by atoms with Gasteiger partial charge in [-0.3, -0.25) is 9.59 Å². The Morgan fingerprint density at radius 3 is 2.32 bits per heavy atom. The van der Waals surface area contributed by atoms with Crippen LogP contribution in [-0.2, 0) is 16.0 Å². The van der Waals surface area contributed by atoms with Gasteiger partial charge >= 0.3 is 0 Å². The van der Waals surface area contributed by atoms with Gasteiger partial charge < -0.3 is 20.1 Å². The van der Waals surface area contributed by atoms with Crippen LogP contribution in [0.25, 0.3) is 0 Å². The first-order valence-corrected chi connectivity index (χ1v) is 8.72. The quantitative estimate of drug-likeness (QED) is 0.713. The Balaban J connectivity index is 1.74. The fourth-order valence-corrected chi connectivity index (χ4v) is 2.71. The summed E-state index contributed by atoms with van der Waals surface area (Å²) < 4.78 is 10.5. The molecule has 0 heterocycles. The van der Waals surface area contributed by atoms with Gasteiger partial charge in [-0.25, -0.2) is 0 Å². The zero-order valence-electron chi connectivity index (χ0n) is 15.4. The average molecular weight is 348 g/mol. The van der Waals surface area contributed by atoms with E-state index >= 15 is 0 Å². The molecule has 0 radical (unpaired) electrons. The predicted octanol–water partition coefficient (Wildman–Crippen LogP) is 1.77. The Kier molecular flexibility index (Phi) is 6.67. The maximum atomic E-state index is 12.1. The number of hydrogen-bond acceptors (Lipinski definition) is 4. The molecule has 1 aromatic rings. The van der Waals surface area contributed by atoms with Gasteiger partial charge in [-0.1, -0.05) is 19.9 Å². The molecule has 1 aliphatic carbocycles. The molecule has 1 aromatic carbocycles. The Hall–Kier alpha value is -2.24. The summed E-state index contributed by atoms with van der Waals surface area (Å²) in [4.78, 5) is 24.1. The van der Waals surface area contributed by atoms with Crippen molar-refractivity contribution in [1.82, 2.24) is 10.6 Å². The summed E-state index contributed by atoms with van der Waals surface area (Å²) in [5.41, 5.74) is 1.06. The van der Waals surface area contributed by atoms with Crippen LogP contribution in [0.1, 0.15) is 25.8 Å². The van der Waals surface area contributed by atoms with E-state index in [1.165, 1.54) is 0 Å². The number of carbonyl (C=O) groups is 2. The van der Waals surface area contributed by atoms with E-state index in [1.54, 1.807) is 14.2 Å². The molecule has 1 saturated carbocycles. The number of ether oxygens (including phenoxy) is 2. The molecule has 1 aliphatic rings. The minimum absolute atomic E-state index is 0.00580. The molecule has 0 aliphatic heterocycles. The van der Waals surface area contributed by atoms with E-state index in [0.717, 1.165) is 5.56 Å². The normalized spacial score (nSPS) is 18.6. The number of rotatable bonds is 9. The fourth-order valence-electron chi connectivity index (χ4n) is 2.71. The van der Waals surface area contributed by atoms with Gasteiger partial charge in [0.15, 0.2) is 11.5 Å². The minimum atomic E-state index is -0.183. The van der Waals surface area contributed by atoms with Crippen LogP contribution in [0, 0.1) is 17.8 Å². The number of methoxy groups -OCH3 is 2. The van der Waals surface area contributed by atoms with Crippen LogP contribution >= 0.6 is 0 Å². The van der Waals surface area contributed by atoms with E-state index in [2.05, 4.69) is 10.6 Å². The molecule has 2 atom stereocenters. The summed E-state index contributed by atoms with van der Waals surface area (Å²) in [7, 11) is 3.20. The second-order valence-electron chi connectivity index (χ2n) is 6.82. The monoisotopic (exact) mass is 348 g/mol. The van der Waals surface area contributed by atoms with Gasteiger partial charge in [0.25, 0.3) is 0 Å². The largest absolute Gasteiger partial charge is 0.493 e. The van der Waals surface area contributed by atoms with Crippen LogP contribution in [0.2, 0.25) is 0 Å². The SMILES string of the molecule is COc1ccc(CCNC(=O)C2CC2C(=O)NCC(C)C)cc1OC. The topological polar surface area (TPSA) is 76.7 Å². The van der Waals surface area contributed by atoms with Gasteiger partial charge in [0, 0.05) is 13.1 Å². The molecule has 1 fully saturated rings. The van der Waals surface area contributed by atoms with Crippen molar-refractivity contribution >= 4 is 11.8 Å². The standard InChI is InChI=1S/C19H28N2O4/c1-12(2)11-21-19(23)15-10-14(15)18(22)20-8-7-13-5-6-16(24-3)17(9-13)25-4/h5-6,9,12,14-15H,7-8,10-11H2,1-4H3,(H,20,22)(H,21,23). The molecular weight excluding hydrogens is 320 g/mol. The molecule has 2 N–H and O–H groups in total. The maximum Gasteiger partial charge on any atom is 0.223 e. The van der Waals surface area contributed by atoms with Crippen LogP contribution in [0.4, 0.5) is 0 Å². The van der Waals surface area contributed by atoms with Crippen molar-refractivity contribution in [2.24, 2.45) is 17.8 Å². The van der Waals surface area contributed by atoms with E-state index in [-0.39, 0.29) is 23.7 Å². The van der Waals surface area contributed by atoms with Crippen LogP contribution in [0.3, 0.4) is 0 Å². The van der Waals surface area contributed by atoms with Gasteiger partial charge in [0.2, 0.25) is 11.8 Å². The lowest BCUT2D eigenvalue weighted by atomic mass is 10.1. The fraction of sp³-hybridized carbons (Fsp3) is 0.579.